The van der Waals surface area contributed by atoms with Crippen LogP contribution in [-0.4, -0.2) is 42.2 Å². The fraction of sp³-hybridized carbons (Fsp3) is 0.333. The number of carbonyl (C=O) groups is 1. The molecule has 0 unspecified atom stereocenters. The monoisotopic (exact) mass is 370 g/mol. The summed E-state index contributed by atoms with van der Waals surface area (Å²) in [6, 6.07) is 3.41. The van der Waals surface area contributed by atoms with E-state index < -0.39 is 30.1 Å². The fourth-order valence-electron chi connectivity index (χ4n) is 2.45. The Hall–Kier alpha value is -2.98. The number of halogens is 4. The topological polar surface area (TPSA) is 68.3 Å². The second kappa shape index (κ2) is 6.73. The van der Waals surface area contributed by atoms with Crippen molar-refractivity contribution in [2.45, 2.75) is 19.4 Å². The molecule has 0 atom stereocenters. The van der Waals surface area contributed by atoms with E-state index in [2.05, 4.69) is 15.2 Å². The summed E-state index contributed by atoms with van der Waals surface area (Å²) in [5, 5.41) is 7.95. The molecule has 138 valence electrons. The van der Waals surface area contributed by atoms with Crippen LogP contribution in [-0.2, 0) is 13.6 Å². The molecule has 0 aliphatic carbocycles. The number of hydrogen-bond acceptors (Lipinski definition) is 4. The van der Waals surface area contributed by atoms with Crippen LogP contribution < -0.4 is 0 Å². The van der Waals surface area contributed by atoms with Crippen molar-refractivity contribution in [1.82, 2.24) is 29.3 Å². The Bertz CT molecular complexity index is 951. The maximum atomic E-state index is 13.2. The largest absolute Gasteiger partial charge is 0.334 e. The summed E-state index contributed by atoms with van der Waals surface area (Å²) in [6.45, 7) is 0.172. The highest BCUT2D eigenvalue weighted by atomic mass is 19.3. The molecule has 3 aromatic heterocycles. The number of rotatable bonds is 5. The first-order valence-corrected chi connectivity index (χ1v) is 7.47. The van der Waals surface area contributed by atoms with E-state index in [0.717, 1.165) is 6.07 Å². The first-order valence-electron chi connectivity index (χ1n) is 7.47. The van der Waals surface area contributed by atoms with Crippen LogP contribution in [0.5, 0.6) is 0 Å². The van der Waals surface area contributed by atoms with Crippen molar-refractivity contribution in [3.8, 4) is 0 Å². The normalized spacial score (nSPS) is 11.7. The van der Waals surface area contributed by atoms with Crippen molar-refractivity contribution in [3.63, 3.8) is 0 Å². The smallest absolute Gasteiger partial charge is 0.280 e. The molecule has 3 aromatic rings. The van der Waals surface area contributed by atoms with E-state index in [1.165, 1.54) is 11.9 Å². The van der Waals surface area contributed by atoms with Gasteiger partial charge in [0.15, 0.2) is 11.3 Å². The van der Waals surface area contributed by atoms with Crippen LogP contribution in [0.15, 0.2) is 24.4 Å². The van der Waals surface area contributed by atoms with Gasteiger partial charge in [0.1, 0.15) is 11.4 Å². The van der Waals surface area contributed by atoms with E-state index in [-0.39, 0.29) is 17.9 Å². The molecule has 3 heterocycles. The highest BCUT2D eigenvalue weighted by molar-refractivity contribution is 5.93. The third-order valence-electron chi connectivity index (χ3n) is 3.66. The van der Waals surface area contributed by atoms with E-state index in [1.807, 2.05) is 0 Å². The van der Waals surface area contributed by atoms with Gasteiger partial charge in [-0.3, -0.25) is 9.48 Å². The molecular weight excluding hydrogens is 356 g/mol. The number of aromatic nitrogens is 5. The number of carbonyl (C=O) groups excluding carboxylic acids is 1. The van der Waals surface area contributed by atoms with Gasteiger partial charge in [-0.1, -0.05) is 0 Å². The first-order chi connectivity index (χ1) is 12.3. The molecule has 26 heavy (non-hydrogen) atoms. The molecule has 0 bridgehead atoms. The Morgan fingerprint density at radius 3 is 2.50 bits per heavy atom. The van der Waals surface area contributed by atoms with Crippen molar-refractivity contribution in [3.05, 3.63) is 47.2 Å². The number of hydrogen-bond donors (Lipinski definition) is 0. The van der Waals surface area contributed by atoms with Crippen LogP contribution in [0.2, 0.25) is 0 Å². The van der Waals surface area contributed by atoms with Gasteiger partial charge in [-0.05, 0) is 12.1 Å². The van der Waals surface area contributed by atoms with Gasteiger partial charge >= 0.3 is 0 Å². The zero-order chi connectivity index (χ0) is 19.0. The second-order valence-corrected chi connectivity index (χ2v) is 5.65. The molecule has 0 saturated heterocycles. The summed E-state index contributed by atoms with van der Waals surface area (Å²) in [5.41, 5.74) is -1.35. The maximum absolute atomic E-state index is 13.2. The van der Waals surface area contributed by atoms with E-state index in [4.69, 9.17) is 0 Å². The minimum atomic E-state index is -3.05. The van der Waals surface area contributed by atoms with Gasteiger partial charge in [-0.2, -0.15) is 10.2 Å². The lowest BCUT2D eigenvalue weighted by molar-refractivity contribution is 0.0776. The number of aryl methyl sites for hydroxylation is 1. The fourth-order valence-corrected chi connectivity index (χ4v) is 2.45. The minimum Gasteiger partial charge on any atom is -0.334 e. The Labute approximate surface area is 144 Å². The van der Waals surface area contributed by atoms with Gasteiger partial charge in [-0.25, -0.2) is 27.1 Å². The van der Waals surface area contributed by atoms with Crippen molar-refractivity contribution < 1.29 is 22.4 Å². The lowest BCUT2D eigenvalue weighted by atomic mass is 10.3. The van der Waals surface area contributed by atoms with Crippen LogP contribution in [0.4, 0.5) is 17.6 Å². The van der Waals surface area contributed by atoms with Crippen molar-refractivity contribution in [2.75, 3.05) is 7.05 Å². The van der Waals surface area contributed by atoms with E-state index in [0.29, 0.717) is 16.3 Å². The summed E-state index contributed by atoms with van der Waals surface area (Å²) < 4.78 is 54.3. The molecule has 7 nitrogen and oxygen atoms in total. The zero-order valence-corrected chi connectivity index (χ0v) is 13.8. The van der Waals surface area contributed by atoms with Gasteiger partial charge in [0.05, 0.1) is 12.2 Å². The van der Waals surface area contributed by atoms with Crippen molar-refractivity contribution >= 4 is 11.6 Å². The number of nitrogens with zero attached hydrogens (tertiary/aromatic N) is 6. The molecule has 0 aromatic carbocycles. The Kier molecular flexibility index (Phi) is 4.62. The van der Waals surface area contributed by atoms with E-state index >= 15 is 0 Å². The average Bonchev–Trinajstić information content (AvgIpc) is 3.18. The highest BCUT2D eigenvalue weighted by Gasteiger charge is 2.23. The summed E-state index contributed by atoms with van der Waals surface area (Å²) in [6.07, 6.45) is -4.35. The number of alkyl halides is 4. The third-order valence-corrected chi connectivity index (χ3v) is 3.66. The summed E-state index contributed by atoms with van der Waals surface area (Å²) in [7, 11) is 3.22. The maximum Gasteiger partial charge on any atom is 0.280 e. The van der Waals surface area contributed by atoms with Gasteiger partial charge in [-0.15, -0.1) is 0 Å². The molecule has 0 spiro atoms. The molecule has 0 N–H and O–H groups in total. The van der Waals surface area contributed by atoms with Crippen LogP contribution in [0.25, 0.3) is 5.65 Å². The Morgan fingerprint density at radius 2 is 1.92 bits per heavy atom. The summed E-state index contributed by atoms with van der Waals surface area (Å²) in [4.78, 5) is 17.4. The molecule has 0 fully saturated rings. The van der Waals surface area contributed by atoms with Crippen LogP contribution in [0.3, 0.4) is 0 Å². The SMILES string of the molecule is CN(Cc1ccn(C)n1)C(=O)c1cc2nc(C(F)F)cc(C(F)F)n2n1. The lowest BCUT2D eigenvalue weighted by Crippen LogP contribution is -2.27. The predicted molar refractivity (Wildman–Crippen MR) is 81.9 cm³/mol. The highest BCUT2D eigenvalue weighted by Crippen LogP contribution is 2.25. The molecule has 0 radical (unpaired) electrons. The second-order valence-electron chi connectivity index (χ2n) is 5.65. The number of fused-ring (bicyclic) bond motifs is 1. The van der Waals surface area contributed by atoms with Crippen LogP contribution >= 0.6 is 0 Å². The average molecular weight is 370 g/mol. The van der Waals surface area contributed by atoms with Crippen LogP contribution in [0, 0.1) is 0 Å². The molecule has 0 aliphatic heterocycles. The molecule has 11 heteroatoms. The van der Waals surface area contributed by atoms with Crippen molar-refractivity contribution in [2.24, 2.45) is 7.05 Å². The van der Waals surface area contributed by atoms with Crippen molar-refractivity contribution in [1.29, 1.82) is 0 Å². The Morgan fingerprint density at radius 1 is 1.19 bits per heavy atom. The predicted octanol–water partition coefficient (Wildman–Crippen LogP) is 2.61. The lowest BCUT2D eigenvalue weighted by Gasteiger charge is -2.13. The van der Waals surface area contributed by atoms with E-state index in [9.17, 15) is 22.4 Å². The van der Waals surface area contributed by atoms with Gasteiger partial charge < -0.3 is 4.90 Å². The van der Waals surface area contributed by atoms with Gasteiger partial charge in [0, 0.05) is 26.4 Å². The quantitative estimate of drug-likeness (QED) is 0.648. The molecule has 1 amide bonds. The van der Waals surface area contributed by atoms with Gasteiger partial charge in [0.2, 0.25) is 0 Å². The standard InChI is InChI=1S/C15H14F4N6O/c1-23(7-8-3-4-24(2)21-8)15(26)10-6-12-20-9(13(16)17)5-11(14(18)19)25(12)22-10/h3-6,13-14H,7H2,1-2H3. The summed E-state index contributed by atoms with van der Waals surface area (Å²) in [5.74, 6) is -0.569. The van der Waals surface area contributed by atoms with Crippen LogP contribution in [0.1, 0.15) is 40.4 Å². The molecular formula is C15H14F4N6O. The molecule has 3 rings (SSSR count). The minimum absolute atomic E-state index is 0.172. The summed E-state index contributed by atoms with van der Waals surface area (Å²) >= 11 is 0. The van der Waals surface area contributed by atoms with Gasteiger partial charge in [0.25, 0.3) is 18.8 Å². The third kappa shape index (κ3) is 3.37. The molecule has 0 aliphatic rings. The Balaban J connectivity index is 1.94. The van der Waals surface area contributed by atoms with E-state index in [1.54, 1.807) is 24.0 Å². The zero-order valence-electron chi connectivity index (χ0n) is 13.8. The number of amides is 1. The first kappa shape index (κ1) is 17.8. The molecule has 0 saturated carbocycles.